The second-order valence-corrected chi connectivity index (χ2v) is 5.84. The van der Waals surface area contributed by atoms with Gasteiger partial charge < -0.3 is 16.0 Å². The Bertz CT molecular complexity index is 310. The minimum atomic E-state index is -0.442. The third-order valence-electron chi connectivity index (χ3n) is 3.86. The zero-order valence-electron chi connectivity index (χ0n) is 12.3. The fraction of sp³-hybridized carbons (Fsp3) is 0.857. The van der Waals surface area contributed by atoms with Crippen molar-refractivity contribution in [3.8, 4) is 0 Å². The van der Waals surface area contributed by atoms with Crippen molar-refractivity contribution in [2.75, 3.05) is 14.1 Å². The highest BCUT2D eigenvalue weighted by atomic mass is 16.2. The third-order valence-corrected chi connectivity index (χ3v) is 3.86. The van der Waals surface area contributed by atoms with Crippen molar-refractivity contribution >= 4 is 11.8 Å². The molecule has 1 rings (SSSR count). The summed E-state index contributed by atoms with van der Waals surface area (Å²) < 4.78 is 0. The van der Waals surface area contributed by atoms with Crippen molar-refractivity contribution in [2.45, 2.75) is 57.5 Å². The number of carbonyl (C=O) groups excluding carboxylic acids is 2. The Labute approximate surface area is 115 Å². The third kappa shape index (κ3) is 5.59. The van der Waals surface area contributed by atoms with Crippen LogP contribution in [-0.4, -0.2) is 42.9 Å². The molecule has 1 aliphatic rings. The van der Waals surface area contributed by atoms with Crippen LogP contribution in [0.2, 0.25) is 0 Å². The van der Waals surface area contributed by atoms with E-state index in [1.54, 1.807) is 21.0 Å². The first kappa shape index (κ1) is 16.0. The SMILES string of the molecule is CC(NC(=O)CCC1CCC(N)CC1)C(=O)N(C)C. The van der Waals surface area contributed by atoms with Gasteiger partial charge in [0.25, 0.3) is 0 Å². The van der Waals surface area contributed by atoms with Crippen LogP contribution in [0.15, 0.2) is 0 Å². The van der Waals surface area contributed by atoms with Crippen LogP contribution in [0, 0.1) is 5.92 Å². The first-order valence-corrected chi connectivity index (χ1v) is 7.16. The highest BCUT2D eigenvalue weighted by molar-refractivity contribution is 5.86. The van der Waals surface area contributed by atoms with Crippen molar-refractivity contribution in [3.63, 3.8) is 0 Å². The van der Waals surface area contributed by atoms with Crippen LogP contribution in [0.4, 0.5) is 0 Å². The fourth-order valence-corrected chi connectivity index (χ4v) is 2.57. The summed E-state index contributed by atoms with van der Waals surface area (Å²) in [5.74, 6) is 0.514. The van der Waals surface area contributed by atoms with Gasteiger partial charge in [-0.05, 0) is 44.9 Å². The number of hydrogen-bond donors (Lipinski definition) is 2. The van der Waals surface area contributed by atoms with Crippen molar-refractivity contribution in [3.05, 3.63) is 0 Å². The number of likely N-dealkylation sites (N-methyl/N-ethyl adjacent to an activating group) is 1. The number of amides is 2. The monoisotopic (exact) mass is 269 g/mol. The van der Waals surface area contributed by atoms with Crippen molar-refractivity contribution < 1.29 is 9.59 Å². The van der Waals surface area contributed by atoms with Crippen LogP contribution < -0.4 is 11.1 Å². The topological polar surface area (TPSA) is 75.4 Å². The molecular weight excluding hydrogens is 242 g/mol. The summed E-state index contributed by atoms with van der Waals surface area (Å²) in [6.07, 6.45) is 5.80. The average Bonchev–Trinajstić information content (AvgIpc) is 2.37. The molecule has 0 saturated heterocycles. The van der Waals surface area contributed by atoms with E-state index >= 15 is 0 Å². The number of rotatable bonds is 5. The molecule has 3 N–H and O–H groups in total. The van der Waals surface area contributed by atoms with Crippen LogP contribution in [0.5, 0.6) is 0 Å². The maximum absolute atomic E-state index is 11.8. The molecule has 1 unspecified atom stereocenters. The van der Waals surface area contributed by atoms with E-state index in [9.17, 15) is 9.59 Å². The number of nitrogens with one attached hydrogen (secondary N) is 1. The normalized spacial score (nSPS) is 24.6. The number of carbonyl (C=O) groups is 2. The zero-order valence-corrected chi connectivity index (χ0v) is 12.3. The number of nitrogens with two attached hydrogens (primary N) is 1. The maximum atomic E-state index is 11.8. The van der Waals surface area contributed by atoms with Crippen LogP contribution >= 0.6 is 0 Å². The summed E-state index contributed by atoms with van der Waals surface area (Å²) in [6, 6.07) is -0.0925. The minimum absolute atomic E-state index is 0.0300. The molecule has 0 bridgehead atoms. The van der Waals surface area contributed by atoms with E-state index in [1.807, 2.05) is 0 Å². The second-order valence-electron chi connectivity index (χ2n) is 5.84. The molecule has 5 heteroatoms. The lowest BCUT2D eigenvalue weighted by Gasteiger charge is -2.26. The molecule has 1 fully saturated rings. The van der Waals surface area contributed by atoms with Crippen LogP contribution in [0.1, 0.15) is 45.4 Å². The van der Waals surface area contributed by atoms with E-state index < -0.39 is 6.04 Å². The Hall–Kier alpha value is -1.10. The van der Waals surface area contributed by atoms with Gasteiger partial charge in [0.05, 0.1) is 0 Å². The van der Waals surface area contributed by atoms with Gasteiger partial charge in [0.2, 0.25) is 11.8 Å². The highest BCUT2D eigenvalue weighted by Crippen LogP contribution is 2.26. The van der Waals surface area contributed by atoms with E-state index in [4.69, 9.17) is 5.73 Å². The molecule has 0 heterocycles. The minimum Gasteiger partial charge on any atom is -0.347 e. The molecule has 0 spiro atoms. The Morgan fingerprint density at radius 3 is 2.37 bits per heavy atom. The summed E-state index contributed by atoms with van der Waals surface area (Å²) in [7, 11) is 3.38. The Kier molecular flexibility index (Phi) is 6.28. The van der Waals surface area contributed by atoms with Gasteiger partial charge >= 0.3 is 0 Å². The smallest absolute Gasteiger partial charge is 0.244 e. The molecule has 0 aromatic heterocycles. The van der Waals surface area contributed by atoms with Gasteiger partial charge in [-0.1, -0.05) is 0 Å². The van der Waals surface area contributed by atoms with Crippen molar-refractivity contribution in [1.82, 2.24) is 10.2 Å². The molecule has 1 aliphatic carbocycles. The predicted octanol–water partition coefficient (Wildman–Crippen LogP) is 0.877. The van der Waals surface area contributed by atoms with E-state index in [1.165, 1.54) is 4.90 Å². The summed E-state index contributed by atoms with van der Waals surface area (Å²) in [4.78, 5) is 24.9. The molecule has 1 saturated carbocycles. The molecule has 19 heavy (non-hydrogen) atoms. The van der Waals surface area contributed by atoms with Crippen LogP contribution in [0.25, 0.3) is 0 Å². The van der Waals surface area contributed by atoms with Crippen LogP contribution in [0.3, 0.4) is 0 Å². The lowest BCUT2D eigenvalue weighted by molar-refractivity contribution is -0.134. The first-order valence-electron chi connectivity index (χ1n) is 7.16. The lowest BCUT2D eigenvalue weighted by Crippen LogP contribution is -2.44. The predicted molar refractivity (Wildman–Crippen MR) is 75.5 cm³/mol. The van der Waals surface area contributed by atoms with Gasteiger partial charge in [0.15, 0.2) is 0 Å². The zero-order chi connectivity index (χ0) is 14.4. The molecule has 5 nitrogen and oxygen atoms in total. The average molecular weight is 269 g/mol. The fourth-order valence-electron chi connectivity index (χ4n) is 2.57. The quantitative estimate of drug-likeness (QED) is 0.778. The molecule has 0 aromatic rings. The molecule has 110 valence electrons. The molecule has 1 atom stereocenters. The van der Waals surface area contributed by atoms with Gasteiger partial charge in [-0.25, -0.2) is 0 Å². The van der Waals surface area contributed by atoms with Crippen molar-refractivity contribution in [2.24, 2.45) is 11.7 Å². The van der Waals surface area contributed by atoms with Gasteiger partial charge in [-0.2, -0.15) is 0 Å². The first-order chi connectivity index (χ1) is 8.90. The highest BCUT2D eigenvalue weighted by Gasteiger charge is 2.21. The van der Waals surface area contributed by atoms with E-state index in [0.717, 1.165) is 32.1 Å². The molecule has 2 amide bonds. The van der Waals surface area contributed by atoms with E-state index in [0.29, 0.717) is 18.4 Å². The van der Waals surface area contributed by atoms with Gasteiger partial charge in [0, 0.05) is 26.6 Å². The number of hydrogen-bond acceptors (Lipinski definition) is 3. The lowest BCUT2D eigenvalue weighted by atomic mass is 9.84. The summed E-state index contributed by atoms with van der Waals surface area (Å²) in [5, 5.41) is 2.75. The molecular formula is C14H27N3O2. The van der Waals surface area contributed by atoms with E-state index in [-0.39, 0.29) is 11.8 Å². The molecule has 0 aliphatic heterocycles. The van der Waals surface area contributed by atoms with Gasteiger partial charge in [-0.15, -0.1) is 0 Å². The van der Waals surface area contributed by atoms with Crippen LogP contribution in [-0.2, 0) is 9.59 Å². The van der Waals surface area contributed by atoms with Crippen molar-refractivity contribution in [1.29, 1.82) is 0 Å². The standard InChI is InChI=1S/C14H27N3O2/c1-10(14(19)17(2)3)16-13(18)9-6-11-4-7-12(15)8-5-11/h10-12H,4-9,15H2,1-3H3,(H,16,18). The summed E-state index contributed by atoms with van der Waals surface area (Å²) in [5.41, 5.74) is 5.86. The summed E-state index contributed by atoms with van der Waals surface area (Å²) in [6.45, 7) is 1.72. The van der Waals surface area contributed by atoms with Gasteiger partial charge in [-0.3, -0.25) is 9.59 Å². The van der Waals surface area contributed by atoms with E-state index in [2.05, 4.69) is 5.32 Å². The largest absolute Gasteiger partial charge is 0.347 e. The summed E-state index contributed by atoms with van der Waals surface area (Å²) >= 11 is 0. The Balaban J connectivity index is 2.22. The Morgan fingerprint density at radius 1 is 1.26 bits per heavy atom. The number of nitrogens with zero attached hydrogens (tertiary/aromatic N) is 1. The molecule has 0 aromatic carbocycles. The maximum Gasteiger partial charge on any atom is 0.244 e. The van der Waals surface area contributed by atoms with Gasteiger partial charge in [0.1, 0.15) is 6.04 Å². The molecule has 0 radical (unpaired) electrons. The second kappa shape index (κ2) is 7.48. The Morgan fingerprint density at radius 2 is 1.84 bits per heavy atom.